The van der Waals surface area contributed by atoms with Gasteiger partial charge in [-0.3, -0.25) is 14.4 Å². The maximum absolute atomic E-state index is 12.8. The van der Waals surface area contributed by atoms with E-state index in [2.05, 4.69) is 118 Å². The summed E-state index contributed by atoms with van der Waals surface area (Å²) in [7, 11) is 0. The van der Waals surface area contributed by atoms with Gasteiger partial charge in [-0.05, 0) is 96.3 Å². The number of esters is 3. The van der Waals surface area contributed by atoms with Crippen LogP contribution in [0.15, 0.2) is 97.2 Å². The fourth-order valence-corrected chi connectivity index (χ4v) is 7.37. The summed E-state index contributed by atoms with van der Waals surface area (Å²) >= 11 is 0. The van der Waals surface area contributed by atoms with Gasteiger partial charge in [0.05, 0.1) is 0 Å². The Labute approximate surface area is 413 Å². The largest absolute Gasteiger partial charge is 0.462 e. The Morgan fingerprint density at radius 3 is 0.896 bits per heavy atom. The van der Waals surface area contributed by atoms with E-state index in [0.717, 1.165) is 70.6 Å². The molecular weight excluding hydrogens is 829 g/mol. The first-order chi connectivity index (χ1) is 33.0. The summed E-state index contributed by atoms with van der Waals surface area (Å²) in [6.07, 6.45) is 72.6. The highest BCUT2D eigenvalue weighted by Crippen LogP contribution is 2.15. The van der Waals surface area contributed by atoms with Crippen LogP contribution in [0.5, 0.6) is 0 Å². The first-order valence-electron chi connectivity index (χ1n) is 27.7. The molecule has 0 saturated heterocycles. The van der Waals surface area contributed by atoms with E-state index >= 15 is 0 Å². The van der Waals surface area contributed by atoms with Gasteiger partial charge in [-0.25, -0.2) is 0 Å². The summed E-state index contributed by atoms with van der Waals surface area (Å²) < 4.78 is 16.7. The van der Waals surface area contributed by atoms with Gasteiger partial charge >= 0.3 is 17.9 Å². The smallest absolute Gasteiger partial charge is 0.306 e. The number of unbranched alkanes of at least 4 members (excludes halogenated alkanes) is 22. The first-order valence-corrected chi connectivity index (χ1v) is 27.7. The molecule has 67 heavy (non-hydrogen) atoms. The lowest BCUT2D eigenvalue weighted by molar-refractivity contribution is -0.167. The number of carbonyl (C=O) groups is 3. The molecule has 6 heteroatoms. The second-order valence-corrected chi connectivity index (χ2v) is 18.1. The average molecular weight is 931 g/mol. The topological polar surface area (TPSA) is 78.9 Å². The van der Waals surface area contributed by atoms with Crippen molar-refractivity contribution < 1.29 is 28.6 Å². The van der Waals surface area contributed by atoms with E-state index in [9.17, 15) is 14.4 Å². The van der Waals surface area contributed by atoms with Crippen molar-refractivity contribution >= 4 is 17.9 Å². The van der Waals surface area contributed by atoms with Crippen molar-refractivity contribution in [1.29, 1.82) is 0 Å². The molecule has 0 heterocycles. The summed E-state index contributed by atoms with van der Waals surface area (Å²) in [4.78, 5) is 38.1. The van der Waals surface area contributed by atoms with Crippen LogP contribution in [0.4, 0.5) is 0 Å². The third-order valence-electron chi connectivity index (χ3n) is 11.6. The number of ether oxygens (including phenoxy) is 3. The molecule has 0 aliphatic heterocycles. The van der Waals surface area contributed by atoms with Crippen molar-refractivity contribution in [2.45, 2.75) is 258 Å². The fraction of sp³-hybridized carbons (Fsp3) is 0.689. The van der Waals surface area contributed by atoms with E-state index in [1.807, 2.05) is 0 Å². The van der Waals surface area contributed by atoms with Gasteiger partial charge in [0.25, 0.3) is 0 Å². The Morgan fingerprint density at radius 1 is 0.299 bits per heavy atom. The minimum Gasteiger partial charge on any atom is -0.462 e. The fourth-order valence-electron chi connectivity index (χ4n) is 7.37. The molecule has 0 aliphatic carbocycles. The second kappa shape index (κ2) is 54.9. The molecule has 0 unspecified atom stereocenters. The zero-order valence-corrected chi connectivity index (χ0v) is 43.6. The minimum atomic E-state index is -0.827. The number of rotatable bonds is 49. The van der Waals surface area contributed by atoms with E-state index in [0.29, 0.717) is 19.3 Å². The van der Waals surface area contributed by atoms with Crippen molar-refractivity contribution in [3.05, 3.63) is 97.2 Å². The van der Waals surface area contributed by atoms with Crippen LogP contribution in [-0.2, 0) is 28.6 Å². The summed E-state index contributed by atoms with van der Waals surface area (Å²) in [6.45, 7) is 6.49. The molecule has 0 amide bonds. The molecule has 0 aromatic rings. The predicted molar refractivity (Wildman–Crippen MR) is 288 cm³/mol. The van der Waals surface area contributed by atoms with E-state index < -0.39 is 6.10 Å². The lowest BCUT2D eigenvalue weighted by Gasteiger charge is -2.18. The SMILES string of the molecule is CCCCC/C=C\C/C=C\C/C=C\C/C=C\CCCC(=O)OC[C@H](COC(=O)CCCCCCCCCCCCCCCCC)OC(=O)CCC/C=C\C/C=C\C/C=C\C/C=C\CCCCC. The lowest BCUT2D eigenvalue weighted by Crippen LogP contribution is -2.30. The minimum absolute atomic E-state index is 0.115. The van der Waals surface area contributed by atoms with Crippen LogP contribution >= 0.6 is 0 Å². The molecule has 382 valence electrons. The van der Waals surface area contributed by atoms with Crippen molar-refractivity contribution in [1.82, 2.24) is 0 Å². The van der Waals surface area contributed by atoms with Crippen LogP contribution in [0.1, 0.15) is 252 Å². The van der Waals surface area contributed by atoms with Crippen molar-refractivity contribution in [3.8, 4) is 0 Å². The van der Waals surface area contributed by atoms with Crippen LogP contribution < -0.4 is 0 Å². The molecule has 0 aromatic heterocycles. The molecule has 0 spiro atoms. The lowest BCUT2D eigenvalue weighted by atomic mass is 10.0. The highest BCUT2D eigenvalue weighted by molar-refractivity contribution is 5.71. The highest BCUT2D eigenvalue weighted by atomic mass is 16.6. The van der Waals surface area contributed by atoms with Gasteiger partial charge in [-0.2, -0.15) is 0 Å². The van der Waals surface area contributed by atoms with Gasteiger partial charge in [0.15, 0.2) is 6.10 Å². The third-order valence-corrected chi connectivity index (χ3v) is 11.6. The molecular formula is C61H102O6. The number of hydrogen-bond acceptors (Lipinski definition) is 6. The third kappa shape index (κ3) is 53.2. The van der Waals surface area contributed by atoms with Gasteiger partial charge < -0.3 is 14.2 Å². The standard InChI is InChI=1S/C61H102O6/c1-4-7-10-13-16-19-22-25-28-30-33-36-39-42-45-48-51-54-60(63)66-57-58(56-65-59(62)53-50-47-44-41-38-35-32-27-24-21-18-15-12-9-6-3)67-61(64)55-52-49-46-43-40-37-34-31-29-26-23-20-17-14-11-8-5-2/h16-17,19-20,25-26,28-29,33-34,36-37,42-43,45-46,58H,4-15,18,21-24,27,30-32,35,38-41,44,47-57H2,1-3H3/b19-16-,20-17-,28-25-,29-26-,36-33-,37-34-,45-42-,46-43-/t58-/m0/s1. The van der Waals surface area contributed by atoms with Crippen LogP contribution in [0.3, 0.4) is 0 Å². The molecule has 0 saturated carbocycles. The predicted octanol–water partition coefficient (Wildman–Crippen LogP) is 18.5. The molecule has 0 fully saturated rings. The van der Waals surface area contributed by atoms with Crippen molar-refractivity contribution in [3.63, 3.8) is 0 Å². The maximum atomic E-state index is 12.8. The summed E-state index contributed by atoms with van der Waals surface area (Å²) in [5, 5.41) is 0. The van der Waals surface area contributed by atoms with Gasteiger partial charge in [-0.1, -0.05) is 234 Å². The van der Waals surface area contributed by atoms with Gasteiger partial charge in [0.2, 0.25) is 0 Å². The van der Waals surface area contributed by atoms with Crippen molar-refractivity contribution in [2.75, 3.05) is 13.2 Å². The molecule has 0 radical (unpaired) electrons. The van der Waals surface area contributed by atoms with E-state index in [-0.39, 0.29) is 44.0 Å². The summed E-state index contributed by atoms with van der Waals surface area (Å²) in [6, 6.07) is 0. The summed E-state index contributed by atoms with van der Waals surface area (Å²) in [5.74, 6) is -1.03. The second-order valence-electron chi connectivity index (χ2n) is 18.1. The molecule has 0 bridgehead atoms. The van der Waals surface area contributed by atoms with Gasteiger partial charge in [-0.15, -0.1) is 0 Å². The van der Waals surface area contributed by atoms with Crippen molar-refractivity contribution in [2.24, 2.45) is 0 Å². The normalized spacial score (nSPS) is 12.8. The number of hydrogen-bond donors (Lipinski definition) is 0. The van der Waals surface area contributed by atoms with Crippen LogP contribution in [0.25, 0.3) is 0 Å². The van der Waals surface area contributed by atoms with Crippen LogP contribution in [-0.4, -0.2) is 37.2 Å². The number of carbonyl (C=O) groups excluding carboxylic acids is 3. The zero-order valence-electron chi connectivity index (χ0n) is 43.6. The Kier molecular flexibility index (Phi) is 51.9. The molecule has 1 atom stereocenters. The van der Waals surface area contributed by atoms with E-state index in [1.165, 1.54) is 128 Å². The Hall–Kier alpha value is -3.67. The monoisotopic (exact) mass is 931 g/mol. The molecule has 0 N–H and O–H groups in total. The Morgan fingerprint density at radius 2 is 0.552 bits per heavy atom. The van der Waals surface area contributed by atoms with E-state index in [4.69, 9.17) is 14.2 Å². The Balaban J connectivity index is 4.56. The average Bonchev–Trinajstić information content (AvgIpc) is 3.33. The number of allylic oxidation sites excluding steroid dienone is 16. The zero-order chi connectivity index (χ0) is 48.6. The highest BCUT2D eigenvalue weighted by Gasteiger charge is 2.19. The van der Waals surface area contributed by atoms with Gasteiger partial charge in [0, 0.05) is 19.3 Å². The van der Waals surface area contributed by atoms with Crippen LogP contribution in [0, 0.1) is 0 Å². The first kappa shape index (κ1) is 63.3. The van der Waals surface area contributed by atoms with Crippen LogP contribution in [0.2, 0.25) is 0 Å². The molecule has 0 aliphatic rings. The Bertz CT molecular complexity index is 1350. The molecule has 0 aromatic carbocycles. The summed E-state index contributed by atoms with van der Waals surface area (Å²) in [5.41, 5.74) is 0. The molecule has 0 rings (SSSR count). The molecule has 6 nitrogen and oxygen atoms in total. The quantitative estimate of drug-likeness (QED) is 0.0262. The van der Waals surface area contributed by atoms with E-state index in [1.54, 1.807) is 0 Å². The maximum Gasteiger partial charge on any atom is 0.306 e. The van der Waals surface area contributed by atoms with Gasteiger partial charge in [0.1, 0.15) is 13.2 Å².